The van der Waals surface area contributed by atoms with Gasteiger partial charge in [-0.1, -0.05) is 18.2 Å². The van der Waals surface area contributed by atoms with Crippen molar-refractivity contribution < 1.29 is 9.47 Å². The molecule has 4 nitrogen and oxygen atoms in total. The molecule has 1 aliphatic rings. The van der Waals surface area contributed by atoms with E-state index in [2.05, 4.69) is 30.9 Å². The molecule has 0 amide bonds. The number of rotatable bonds is 6. The number of piperidine rings is 1. The minimum absolute atomic E-state index is 0.0601. The van der Waals surface area contributed by atoms with E-state index >= 15 is 0 Å². The predicted molar refractivity (Wildman–Crippen MR) is 85.6 cm³/mol. The maximum absolute atomic E-state index is 6.29. The molecular formula is C17H28N2O2. The van der Waals surface area contributed by atoms with Gasteiger partial charge in [-0.2, -0.15) is 0 Å². The highest BCUT2D eigenvalue weighted by Crippen LogP contribution is 2.33. The molecule has 0 radical (unpaired) electrons. The van der Waals surface area contributed by atoms with Crippen molar-refractivity contribution in [3.05, 3.63) is 29.8 Å². The molecule has 0 spiro atoms. The lowest BCUT2D eigenvalue weighted by atomic mass is 9.95. The molecule has 1 aromatic carbocycles. The van der Waals surface area contributed by atoms with Crippen LogP contribution in [0.5, 0.6) is 5.75 Å². The molecule has 2 N–H and O–H groups in total. The topological polar surface area (TPSA) is 47.7 Å². The number of methoxy groups -OCH3 is 1. The summed E-state index contributed by atoms with van der Waals surface area (Å²) in [6, 6.07) is 8.45. The van der Waals surface area contributed by atoms with Gasteiger partial charge in [0.2, 0.25) is 0 Å². The summed E-state index contributed by atoms with van der Waals surface area (Å²) in [7, 11) is 1.72. The molecule has 2 unspecified atom stereocenters. The first-order valence-electron chi connectivity index (χ1n) is 7.91. The van der Waals surface area contributed by atoms with Gasteiger partial charge in [0.05, 0.1) is 19.3 Å². The van der Waals surface area contributed by atoms with Crippen molar-refractivity contribution in [1.82, 2.24) is 4.90 Å². The monoisotopic (exact) mass is 292 g/mol. The van der Waals surface area contributed by atoms with Gasteiger partial charge in [-0.25, -0.2) is 0 Å². The van der Waals surface area contributed by atoms with Crippen molar-refractivity contribution >= 4 is 0 Å². The van der Waals surface area contributed by atoms with Crippen LogP contribution in [0.1, 0.15) is 38.3 Å². The second-order valence-corrected chi connectivity index (χ2v) is 5.74. The lowest BCUT2D eigenvalue weighted by Gasteiger charge is -2.39. The number of nitrogens with zero attached hydrogens (tertiary/aromatic N) is 1. The van der Waals surface area contributed by atoms with Gasteiger partial charge in [0.1, 0.15) is 5.75 Å². The fourth-order valence-corrected chi connectivity index (χ4v) is 3.28. The maximum atomic E-state index is 6.29. The molecule has 0 aromatic heterocycles. The summed E-state index contributed by atoms with van der Waals surface area (Å²) in [4.78, 5) is 2.47. The number of nitrogens with two attached hydrogens (primary N) is 1. The lowest BCUT2D eigenvalue weighted by Crippen LogP contribution is -2.45. The highest BCUT2D eigenvalue weighted by atomic mass is 16.5. The second-order valence-electron chi connectivity index (χ2n) is 5.74. The standard InChI is InChI=1S/C17H28N2O2/c1-4-21-14-9-11-19(12-10-14)17(13(2)18)15-7-5-6-8-16(15)20-3/h5-8,13-14,17H,4,9-12,18H2,1-3H3. The summed E-state index contributed by atoms with van der Waals surface area (Å²) >= 11 is 0. The molecule has 1 aliphatic heterocycles. The Bertz CT molecular complexity index is 429. The van der Waals surface area contributed by atoms with Gasteiger partial charge in [0.25, 0.3) is 0 Å². The van der Waals surface area contributed by atoms with Crippen LogP contribution >= 0.6 is 0 Å². The van der Waals surface area contributed by atoms with Gasteiger partial charge in [-0.3, -0.25) is 4.90 Å². The first-order chi connectivity index (χ1) is 10.2. The van der Waals surface area contributed by atoms with Crippen LogP contribution in [-0.4, -0.2) is 43.9 Å². The zero-order valence-corrected chi connectivity index (χ0v) is 13.4. The Morgan fingerprint density at radius 1 is 1.29 bits per heavy atom. The summed E-state index contributed by atoms with van der Waals surface area (Å²) in [5, 5.41) is 0. The maximum Gasteiger partial charge on any atom is 0.123 e. The van der Waals surface area contributed by atoms with E-state index in [4.69, 9.17) is 15.2 Å². The van der Waals surface area contributed by atoms with E-state index in [0.29, 0.717) is 6.10 Å². The number of likely N-dealkylation sites (tertiary alicyclic amines) is 1. The first-order valence-corrected chi connectivity index (χ1v) is 7.91. The van der Waals surface area contributed by atoms with Crippen LogP contribution in [0.3, 0.4) is 0 Å². The quantitative estimate of drug-likeness (QED) is 0.875. The molecule has 0 saturated carbocycles. The third kappa shape index (κ3) is 3.96. The molecule has 1 saturated heterocycles. The van der Waals surface area contributed by atoms with E-state index in [-0.39, 0.29) is 12.1 Å². The number of hydrogen-bond acceptors (Lipinski definition) is 4. The van der Waals surface area contributed by atoms with Gasteiger partial charge in [-0.15, -0.1) is 0 Å². The second kappa shape index (κ2) is 7.78. The number of para-hydroxylation sites is 1. The van der Waals surface area contributed by atoms with Crippen molar-refractivity contribution in [3.63, 3.8) is 0 Å². The number of benzene rings is 1. The Kier molecular flexibility index (Phi) is 6.03. The zero-order valence-electron chi connectivity index (χ0n) is 13.4. The van der Waals surface area contributed by atoms with Crippen LogP contribution in [0.4, 0.5) is 0 Å². The molecule has 2 rings (SSSR count). The summed E-state index contributed by atoms with van der Waals surface area (Å²) in [5.41, 5.74) is 7.47. The van der Waals surface area contributed by atoms with Crippen molar-refractivity contribution in [2.45, 2.75) is 44.9 Å². The molecule has 1 heterocycles. The van der Waals surface area contributed by atoms with Crippen LogP contribution in [0, 0.1) is 0 Å². The van der Waals surface area contributed by atoms with E-state index < -0.39 is 0 Å². The summed E-state index contributed by atoms with van der Waals surface area (Å²) < 4.78 is 11.3. The molecule has 0 aliphatic carbocycles. The third-order valence-corrected chi connectivity index (χ3v) is 4.23. The van der Waals surface area contributed by atoms with Crippen LogP contribution in [-0.2, 0) is 4.74 Å². The fraction of sp³-hybridized carbons (Fsp3) is 0.647. The first kappa shape index (κ1) is 16.3. The lowest BCUT2D eigenvalue weighted by molar-refractivity contribution is 0.000937. The molecule has 1 aromatic rings. The van der Waals surface area contributed by atoms with Crippen molar-refractivity contribution in [2.75, 3.05) is 26.8 Å². The molecular weight excluding hydrogens is 264 g/mol. The van der Waals surface area contributed by atoms with E-state index in [9.17, 15) is 0 Å². The minimum Gasteiger partial charge on any atom is -0.496 e. The number of hydrogen-bond donors (Lipinski definition) is 1. The van der Waals surface area contributed by atoms with Crippen LogP contribution in [0.25, 0.3) is 0 Å². The van der Waals surface area contributed by atoms with Gasteiger partial charge in [-0.05, 0) is 32.8 Å². The summed E-state index contributed by atoms with van der Waals surface area (Å²) in [5.74, 6) is 0.923. The molecule has 0 bridgehead atoms. The Balaban J connectivity index is 2.13. The van der Waals surface area contributed by atoms with Crippen molar-refractivity contribution in [3.8, 4) is 5.75 Å². The minimum atomic E-state index is 0.0601. The Hall–Kier alpha value is -1.10. The van der Waals surface area contributed by atoms with Crippen molar-refractivity contribution in [2.24, 2.45) is 5.73 Å². The van der Waals surface area contributed by atoms with Gasteiger partial charge >= 0.3 is 0 Å². The Morgan fingerprint density at radius 3 is 2.52 bits per heavy atom. The van der Waals surface area contributed by atoms with Crippen LogP contribution in [0.15, 0.2) is 24.3 Å². The number of ether oxygens (including phenoxy) is 2. The Morgan fingerprint density at radius 2 is 1.95 bits per heavy atom. The van der Waals surface area contributed by atoms with E-state index in [0.717, 1.165) is 38.3 Å². The summed E-state index contributed by atoms with van der Waals surface area (Å²) in [6.45, 7) is 6.98. The van der Waals surface area contributed by atoms with Crippen molar-refractivity contribution in [1.29, 1.82) is 0 Å². The van der Waals surface area contributed by atoms with Gasteiger partial charge in [0, 0.05) is 31.3 Å². The highest BCUT2D eigenvalue weighted by Gasteiger charge is 2.30. The largest absolute Gasteiger partial charge is 0.496 e. The van der Waals surface area contributed by atoms with E-state index in [1.54, 1.807) is 7.11 Å². The van der Waals surface area contributed by atoms with Crippen LogP contribution < -0.4 is 10.5 Å². The van der Waals surface area contributed by atoms with E-state index in [1.807, 2.05) is 12.1 Å². The molecule has 4 heteroatoms. The normalized spacial score (nSPS) is 20.2. The third-order valence-electron chi connectivity index (χ3n) is 4.23. The zero-order chi connectivity index (χ0) is 15.2. The SMILES string of the molecule is CCOC1CCN(C(c2ccccc2OC)C(C)N)CC1. The molecule has 1 fully saturated rings. The molecule has 21 heavy (non-hydrogen) atoms. The Labute approximate surface area is 128 Å². The average molecular weight is 292 g/mol. The summed E-state index contributed by atoms with van der Waals surface area (Å²) in [6.07, 6.45) is 2.55. The molecule has 2 atom stereocenters. The molecule has 118 valence electrons. The predicted octanol–water partition coefficient (Wildman–Crippen LogP) is 2.58. The van der Waals surface area contributed by atoms with E-state index in [1.165, 1.54) is 5.56 Å². The van der Waals surface area contributed by atoms with Crippen LogP contribution in [0.2, 0.25) is 0 Å². The fourth-order valence-electron chi connectivity index (χ4n) is 3.28. The van der Waals surface area contributed by atoms with Gasteiger partial charge in [0.15, 0.2) is 0 Å². The van der Waals surface area contributed by atoms with Gasteiger partial charge < -0.3 is 15.2 Å². The smallest absolute Gasteiger partial charge is 0.123 e. The highest BCUT2D eigenvalue weighted by molar-refractivity contribution is 5.36. The average Bonchev–Trinajstić information content (AvgIpc) is 2.50.